The first-order valence-corrected chi connectivity index (χ1v) is 8.86. The van der Waals surface area contributed by atoms with Crippen molar-refractivity contribution >= 4 is 0 Å². The summed E-state index contributed by atoms with van der Waals surface area (Å²) < 4.78 is 29.2. The molecule has 0 saturated carbocycles. The fourth-order valence-corrected chi connectivity index (χ4v) is 3.14. The lowest BCUT2D eigenvalue weighted by molar-refractivity contribution is -0.115. The van der Waals surface area contributed by atoms with Gasteiger partial charge in [-0.05, 0) is 30.5 Å². The molecule has 2 aromatic rings. The van der Waals surface area contributed by atoms with E-state index in [0.29, 0.717) is 38.3 Å². The van der Waals surface area contributed by atoms with Crippen molar-refractivity contribution < 1.29 is 23.5 Å². The first-order valence-electron chi connectivity index (χ1n) is 8.86. The van der Waals surface area contributed by atoms with E-state index in [4.69, 9.17) is 14.0 Å². The summed E-state index contributed by atoms with van der Waals surface area (Å²) in [4.78, 5) is 0. The third kappa shape index (κ3) is 5.35. The zero-order valence-electron chi connectivity index (χ0n) is 14.9. The van der Waals surface area contributed by atoms with Crippen LogP contribution in [0.25, 0.3) is 0 Å². The van der Waals surface area contributed by atoms with E-state index in [0.717, 1.165) is 17.7 Å². The second kappa shape index (κ2) is 9.23. The summed E-state index contributed by atoms with van der Waals surface area (Å²) in [5.74, 6) is 0.444. The van der Waals surface area contributed by atoms with Crippen LogP contribution in [0.15, 0.2) is 34.9 Å². The summed E-state index contributed by atoms with van der Waals surface area (Å²) >= 11 is 0. The molecule has 3 rings (SSSR count). The minimum atomic E-state index is -0.492. The number of ether oxygens (including phenoxy) is 2. The van der Waals surface area contributed by atoms with Gasteiger partial charge in [-0.2, -0.15) is 0 Å². The molecule has 26 heavy (non-hydrogen) atoms. The lowest BCUT2D eigenvalue weighted by Crippen LogP contribution is -2.45. The van der Waals surface area contributed by atoms with Gasteiger partial charge in [-0.15, -0.1) is 0 Å². The van der Waals surface area contributed by atoms with Crippen molar-refractivity contribution in [1.82, 2.24) is 10.5 Å². The Hall–Kier alpha value is -1.80. The molecule has 0 unspecified atom stereocenters. The van der Waals surface area contributed by atoms with Crippen molar-refractivity contribution in [2.45, 2.75) is 50.7 Å². The molecule has 0 bridgehead atoms. The van der Waals surface area contributed by atoms with Crippen LogP contribution in [-0.2, 0) is 29.0 Å². The van der Waals surface area contributed by atoms with E-state index in [1.54, 1.807) is 19.2 Å². The maximum absolute atomic E-state index is 12.9. The normalized spacial score (nSPS) is 23.3. The fraction of sp³-hybridized carbons (Fsp3) is 0.526. The number of aliphatic hydroxyl groups is 1. The highest BCUT2D eigenvalue weighted by Gasteiger charge is 2.30. The van der Waals surface area contributed by atoms with E-state index in [2.05, 4.69) is 10.5 Å². The average molecular weight is 364 g/mol. The van der Waals surface area contributed by atoms with Gasteiger partial charge >= 0.3 is 0 Å². The van der Waals surface area contributed by atoms with Gasteiger partial charge in [-0.25, -0.2) is 4.39 Å². The Morgan fingerprint density at radius 2 is 2.12 bits per heavy atom. The Bertz CT molecular complexity index is 676. The van der Waals surface area contributed by atoms with E-state index < -0.39 is 6.10 Å². The van der Waals surface area contributed by atoms with E-state index in [9.17, 15) is 9.50 Å². The topological polar surface area (TPSA) is 76.8 Å². The predicted molar refractivity (Wildman–Crippen MR) is 92.9 cm³/mol. The number of methoxy groups -OCH3 is 1. The molecule has 0 aliphatic carbocycles. The second-order valence-electron chi connectivity index (χ2n) is 6.62. The Kier molecular flexibility index (Phi) is 6.73. The summed E-state index contributed by atoms with van der Waals surface area (Å²) in [7, 11) is 1.61. The zero-order chi connectivity index (χ0) is 18.4. The fourth-order valence-electron chi connectivity index (χ4n) is 3.14. The number of rotatable bonds is 8. The van der Waals surface area contributed by atoms with E-state index >= 15 is 0 Å². The van der Waals surface area contributed by atoms with Crippen LogP contribution in [0.3, 0.4) is 0 Å². The quantitative estimate of drug-likeness (QED) is 0.748. The highest BCUT2D eigenvalue weighted by Crippen LogP contribution is 2.22. The van der Waals surface area contributed by atoms with Crippen LogP contribution in [-0.4, -0.2) is 42.2 Å². The number of hydrogen-bond donors (Lipinski definition) is 2. The van der Waals surface area contributed by atoms with Gasteiger partial charge in [0.25, 0.3) is 0 Å². The second-order valence-corrected chi connectivity index (χ2v) is 6.62. The monoisotopic (exact) mass is 364 g/mol. The Morgan fingerprint density at radius 1 is 1.31 bits per heavy atom. The summed E-state index contributed by atoms with van der Waals surface area (Å²) in [5.41, 5.74) is 1.82. The number of aromatic nitrogens is 1. The van der Waals surface area contributed by atoms with Crippen LogP contribution in [0.1, 0.15) is 29.9 Å². The van der Waals surface area contributed by atoms with Gasteiger partial charge in [0.05, 0.1) is 24.0 Å². The molecule has 1 fully saturated rings. The molecule has 3 atom stereocenters. The third-order valence-electron chi connectivity index (χ3n) is 4.50. The first kappa shape index (κ1) is 19.0. The SMILES string of the molecule is COCc1cc(C[C@@H]2CC[C@H](O)[C@@H](CNCc3ccc(F)cc3)O2)no1. The highest BCUT2D eigenvalue weighted by atomic mass is 19.1. The minimum absolute atomic E-state index is 0.00323. The molecular formula is C19H25FN2O4. The summed E-state index contributed by atoms with van der Waals surface area (Å²) in [6, 6.07) is 8.24. The summed E-state index contributed by atoms with van der Waals surface area (Å²) in [6.07, 6.45) is 1.34. The molecule has 1 aliphatic heterocycles. The van der Waals surface area contributed by atoms with Gasteiger partial charge in [-0.3, -0.25) is 0 Å². The maximum Gasteiger partial charge on any atom is 0.162 e. The molecule has 7 heteroatoms. The van der Waals surface area contributed by atoms with E-state index in [1.807, 2.05) is 6.07 Å². The van der Waals surface area contributed by atoms with Crippen LogP contribution in [0.5, 0.6) is 0 Å². The van der Waals surface area contributed by atoms with Crippen LogP contribution in [0.2, 0.25) is 0 Å². The number of benzene rings is 1. The van der Waals surface area contributed by atoms with Gasteiger partial charge in [0.15, 0.2) is 5.76 Å². The lowest BCUT2D eigenvalue weighted by Gasteiger charge is -2.34. The lowest BCUT2D eigenvalue weighted by atomic mass is 9.98. The zero-order valence-corrected chi connectivity index (χ0v) is 14.9. The molecule has 1 aliphatic rings. The molecule has 1 aromatic heterocycles. The molecule has 6 nitrogen and oxygen atoms in total. The van der Waals surface area contributed by atoms with Crippen molar-refractivity contribution in [2.24, 2.45) is 0 Å². The number of nitrogens with zero attached hydrogens (tertiary/aromatic N) is 1. The largest absolute Gasteiger partial charge is 0.390 e. The summed E-state index contributed by atoms with van der Waals surface area (Å²) in [5, 5.41) is 17.5. The molecule has 0 radical (unpaired) electrons. The molecule has 1 saturated heterocycles. The maximum atomic E-state index is 12.9. The number of halogens is 1. The molecule has 0 amide bonds. The Morgan fingerprint density at radius 3 is 2.88 bits per heavy atom. The van der Waals surface area contributed by atoms with Gasteiger partial charge in [0.2, 0.25) is 0 Å². The van der Waals surface area contributed by atoms with Gasteiger partial charge in [0, 0.05) is 32.7 Å². The summed E-state index contributed by atoms with van der Waals surface area (Å²) in [6.45, 7) is 1.52. The van der Waals surface area contributed by atoms with Crippen molar-refractivity contribution in [2.75, 3.05) is 13.7 Å². The average Bonchev–Trinajstić information content (AvgIpc) is 3.07. The third-order valence-corrected chi connectivity index (χ3v) is 4.50. The van der Waals surface area contributed by atoms with Crippen LogP contribution in [0.4, 0.5) is 4.39 Å². The Labute approximate surface area is 152 Å². The standard InChI is InChI=1S/C19H25FN2O4/c1-24-12-17-9-15(22-26-17)8-16-6-7-18(23)19(25-16)11-21-10-13-2-4-14(20)5-3-13/h2-5,9,16,18-19,21,23H,6-8,10-12H2,1H3/t16-,18-,19+/m0/s1. The van der Waals surface area contributed by atoms with Crippen molar-refractivity contribution in [1.29, 1.82) is 0 Å². The van der Waals surface area contributed by atoms with Crippen molar-refractivity contribution in [3.63, 3.8) is 0 Å². The first-order chi connectivity index (χ1) is 12.6. The molecule has 2 N–H and O–H groups in total. The molecular weight excluding hydrogens is 339 g/mol. The molecule has 2 heterocycles. The van der Waals surface area contributed by atoms with Crippen molar-refractivity contribution in [3.05, 3.63) is 53.2 Å². The van der Waals surface area contributed by atoms with Crippen LogP contribution >= 0.6 is 0 Å². The van der Waals surface area contributed by atoms with Gasteiger partial charge in [-0.1, -0.05) is 17.3 Å². The number of aliphatic hydroxyl groups excluding tert-OH is 1. The smallest absolute Gasteiger partial charge is 0.162 e. The van der Waals surface area contributed by atoms with Crippen LogP contribution < -0.4 is 5.32 Å². The minimum Gasteiger partial charge on any atom is -0.390 e. The predicted octanol–water partition coefficient (Wildman–Crippen LogP) is 2.20. The van der Waals surface area contributed by atoms with Gasteiger partial charge in [0.1, 0.15) is 12.4 Å². The van der Waals surface area contributed by atoms with E-state index in [-0.39, 0.29) is 18.0 Å². The number of hydrogen-bond acceptors (Lipinski definition) is 6. The highest BCUT2D eigenvalue weighted by molar-refractivity contribution is 5.15. The molecule has 0 spiro atoms. The van der Waals surface area contributed by atoms with Crippen molar-refractivity contribution in [3.8, 4) is 0 Å². The Balaban J connectivity index is 1.46. The number of nitrogens with one attached hydrogen (secondary N) is 1. The van der Waals surface area contributed by atoms with Crippen LogP contribution in [0, 0.1) is 5.82 Å². The van der Waals surface area contributed by atoms with E-state index in [1.165, 1.54) is 12.1 Å². The van der Waals surface area contributed by atoms with Gasteiger partial charge < -0.3 is 24.4 Å². The molecule has 142 valence electrons. The molecule has 1 aromatic carbocycles.